The number of benzene rings is 1. The smallest absolute Gasteiger partial charge is 0.326 e. The van der Waals surface area contributed by atoms with E-state index < -0.39 is 12.0 Å². The summed E-state index contributed by atoms with van der Waals surface area (Å²) in [5.41, 5.74) is 0.880. The van der Waals surface area contributed by atoms with Gasteiger partial charge in [0.15, 0.2) is 0 Å². The van der Waals surface area contributed by atoms with Crippen molar-refractivity contribution in [2.45, 2.75) is 32.4 Å². The number of piperidine rings is 1. The predicted molar refractivity (Wildman–Crippen MR) is 84.3 cm³/mol. The van der Waals surface area contributed by atoms with Crippen molar-refractivity contribution in [3.8, 4) is 0 Å². The monoisotopic (exact) mass is 322 g/mol. The highest BCUT2D eigenvalue weighted by molar-refractivity contribution is 5.84. The molecule has 0 saturated carbocycles. The molecule has 1 N–H and O–H groups in total. The normalized spacial score (nSPS) is 20.0. The van der Waals surface area contributed by atoms with Gasteiger partial charge in [0.2, 0.25) is 5.91 Å². The molecule has 2 rings (SSSR count). The van der Waals surface area contributed by atoms with E-state index in [1.54, 1.807) is 6.07 Å². The van der Waals surface area contributed by atoms with Crippen LogP contribution in [0, 0.1) is 11.7 Å². The quantitative estimate of drug-likeness (QED) is 0.900. The summed E-state index contributed by atoms with van der Waals surface area (Å²) in [5.74, 6) is -1.61. The van der Waals surface area contributed by atoms with Crippen LogP contribution < -0.4 is 0 Å². The third-order valence-corrected chi connectivity index (χ3v) is 4.44. The van der Waals surface area contributed by atoms with Crippen molar-refractivity contribution in [1.29, 1.82) is 0 Å². The average Bonchev–Trinajstić information content (AvgIpc) is 2.53. The number of carbonyl (C=O) groups excluding carboxylic acids is 1. The molecule has 0 spiro atoms. The fourth-order valence-electron chi connectivity index (χ4n) is 2.94. The van der Waals surface area contributed by atoms with Crippen molar-refractivity contribution in [3.05, 3.63) is 35.6 Å². The molecule has 1 aromatic rings. The molecular formula is C17H23FN2O3. The largest absolute Gasteiger partial charge is 0.480 e. The van der Waals surface area contributed by atoms with Crippen molar-refractivity contribution in [2.24, 2.45) is 5.92 Å². The fourth-order valence-corrected chi connectivity index (χ4v) is 2.94. The van der Waals surface area contributed by atoms with Crippen molar-refractivity contribution >= 4 is 11.9 Å². The lowest BCUT2D eigenvalue weighted by Crippen LogP contribution is -2.47. The summed E-state index contributed by atoms with van der Waals surface area (Å²) in [6.45, 7) is 3.54. The minimum Gasteiger partial charge on any atom is -0.480 e. The topological polar surface area (TPSA) is 60.9 Å². The van der Waals surface area contributed by atoms with Crippen LogP contribution in [0.1, 0.15) is 25.3 Å². The second-order valence-corrected chi connectivity index (χ2v) is 6.17. The van der Waals surface area contributed by atoms with Gasteiger partial charge in [0.25, 0.3) is 0 Å². The molecule has 5 nitrogen and oxygen atoms in total. The molecule has 0 radical (unpaired) electrons. The number of carboxylic acid groups (broad SMARTS) is 1. The van der Waals surface area contributed by atoms with Crippen LogP contribution in [0.4, 0.5) is 4.39 Å². The third kappa shape index (κ3) is 4.51. The fraction of sp³-hybridized carbons (Fsp3) is 0.529. The predicted octanol–water partition coefficient (Wildman–Crippen LogP) is 1.97. The minimum absolute atomic E-state index is 0.135. The standard InChI is InChI=1S/C17H23FN2O3/c1-12(17(22)23)19(2)16(21)14-6-4-8-20(11-14)10-13-5-3-7-15(18)9-13/h3,5,7,9,12,14H,4,6,8,10-11H2,1-2H3,(H,22,23). The molecule has 0 aromatic heterocycles. The zero-order valence-corrected chi connectivity index (χ0v) is 13.5. The van der Waals surface area contributed by atoms with Gasteiger partial charge in [-0.1, -0.05) is 12.1 Å². The van der Waals surface area contributed by atoms with Crippen molar-refractivity contribution in [1.82, 2.24) is 9.80 Å². The van der Waals surface area contributed by atoms with E-state index in [-0.39, 0.29) is 17.6 Å². The lowest BCUT2D eigenvalue weighted by molar-refractivity contribution is -0.150. The van der Waals surface area contributed by atoms with E-state index in [0.717, 1.165) is 24.9 Å². The first-order chi connectivity index (χ1) is 10.9. The number of hydrogen-bond acceptors (Lipinski definition) is 3. The first-order valence-electron chi connectivity index (χ1n) is 7.84. The maximum Gasteiger partial charge on any atom is 0.326 e. The van der Waals surface area contributed by atoms with Crippen LogP contribution in [0.25, 0.3) is 0 Å². The Morgan fingerprint density at radius 3 is 2.87 bits per heavy atom. The van der Waals surface area contributed by atoms with Crippen molar-refractivity contribution in [2.75, 3.05) is 20.1 Å². The molecule has 126 valence electrons. The number of carboxylic acids is 1. The molecule has 1 amide bonds. The molecule has 6 heteroatoms. The molecule has 0 bridgehead atoms. The summed E-state index contributed by atoms with van der Waals surface area (Å²) in [6.07, 6.45) is 1.64. The van der Waals surface area contributed by atoms with Gasteiger partial charge in [-0.15, -0.1) is 0 Å². The Bertz CT molecular complexity index is 579. The zero-order chi connectivity index (χ0) is 17.0. The van der Waals surface area contributed by atoms with E-state index in [0.29, 0.717) is 13.1 Å². The Morgan fingerprint density at radius 1 is 1.48 bits per heavy atom. The molecule has 1 aromatic carbocycles. The summed E-state index contributed by atoms with van der Waals surface area (Å²) in [4.78, 5) is 26.9. The molecule has 1 saturated heterocycles. The number of hydrogen-bond donors (Lipinski definition) is 1. The molecule has 1 aliphatic rings. The highest BCUT2D eigenvalue weighted by atomic mass is 19.1. The van der Waals surface area contributed by atoms with Crippen LogP contribution in [0.3, 0.4) is 0 Å². The molecule has 1 aliphatic heterocycles. The third-order valence-electron chi connectivity index (χ3n) is 4.44. The summed E-state index contributed by atoms with van der Waals surface area (Å²) < 4.78 is 13.3. The second-order valence-electron chi connectivity index (χ2n) is 6.17. The molecule has 2 atom stereocenters. The minimum atomic E-state index is -1.01. The zero-order valence-electron chi connectivity index (χ0n) is 13.5. The molecule has 0 aliphatic carbocycles. The van der Waals surface area contributed by atoms with E-state index in [1.807, 2.05) is 6.07 Å². The maximum absolute atomic E-state index is 13.3. The first-order valence-corrected chi connectivity index (χ1v) is 7.84. The number of rotatable bonds is 5. The van der Waals surface area contributed by atoms with Gasteiger partial charge in [0.1, 0.15) is 11.9 Å². The van der Waals surface area contributed by atoms with E-state index in [1.165, 1.54) is 31.0 Å². The van der Waals surface area contributed by atoms with Gasteiger partial charge in [-0.2, -0.15) is 0 Å². The molecule has 23 heavy (non-hydrogen) atoms. The van der Waals surface area contributed by atoms with Crippen LogP contribution in [-0.4, -0.2) is 53.0 Å². The number of halogens is 1. The van der Waals surface area contributed by atoms with Gasteiger partial charge < -0.3 is 10.0 Å². The first kappa shape index (κ1) is 17.4. The van der Waals surface area contributed by atoms with Gasteiger partial charge in [-0.3, -0.25) is 9.69 Å². The van der Waals surface area contributed by atoms with Crippen LogP contribution in [0.2, 0.25) is 0 Å². The van der Waals surface area contributed by atoms with Gasteiger partial charge in [-0.05, 0) is 44.0 Å². The van der Waals surface area contributed by atoms with E-state index in [9.17, 15) is 14.0 Å². The summed E-state index contributed by atoms with van der Waals surface area (Å²) >= 11 is 0. The van der Waals surface area contributed by atoms with Crippen LogP contribution in [0.15, 0.2) is 24.3 Å². The van der Waals surface area contributed by atoms with Crippen molar-refractivity contribution in [3.63, 3.8) is 0 Å². The van der Waals surface area contributed by atoms with E-state index >= 15 is 0 Å². The number of amides is 1. The van der Waals surface area contributed by atoms with Crippen LogP contribution >= 0.6 is 0 Å². The molecule has 1 heterocycles. The SMILES string of the molecule is CC(C(=O)O)N(C)C(=O)C1CCCN(Cc2cccc(F)c2)C1. The van der Waals surface area contributed by atoms with Gasteiger partial charge >= 0.3 is 5.97 Å². The molecular weight excluding hydrogens is 299 g/mol. The Hall–Kier alpha value is -1.95. The highest BCUT2D eigenvalue weighted by Gasteiger charge is 2.31. The van der Waals surface area contributed by atoms with E-state index in [4.69, 9.17) is 5.11 Å². The number of carbonyl (C=O) groups is 2. The maximum atomic E-state index is 13.3. The van der Waals surface area contributed by atoms with E-state index in [2.05, 4.69) is 4.90 Å². The molecule has 2 unspecified atom stereocenters. The Labute approximate surface area is 135 Å². The highest BCUT2D eigenvalue weighted by Crippen LogP contribution is 2.21. The summed E-state index contributed by atoms with van der Waals surface area (Å²) in [7, 11) is 1.53. The second kappa shape index (κ2) is 7.55. The number of nitrogens with zero attached hydrogens (tertiary/aromatic N) is 2. The van der Waals surface area contributed by atoms with Gasteiger partial charge in [-0.25, -0.2) is 9.18 Å². The Kier molecular flexibility index (Phi) is 5.71. The Morgan fingerprint density at radius 2 is 2.22 bits per heavy atom. The summed E-state index contributed by atoms with van der Waals surface area (Å²) in [5, 5.41) is 9.03. The summed E-state index contributed by atoms with van der Waals surface area (Å²) in [6, 6.07) is 5.63. The van der Waals surface area contributed by atoms with Crippen LogP contribution in [0.5, 0.6) is 0 Å². The lowest BCUT2D eigenvalue weighted by atomic mass is 9.95. The number of aliphatic carboxylic acids is 1. The average molecular weight is 322 g/mol. The van der Waals surface area contributed by atoms with Gasteiger partial charge in [0.05, 0.1) is 5.92 Å². The van der Waals surface area contributed by atoms with Crippen LogP contribution in [-0.2, 0) is 16.1 Å². The molecule has 1 fully saturated rings. The number of likely N-dealkylation sites (N-methyl/N-ethyl adjacent to an activating group) is 1. The number of likely N-dealkylation sites (tertiary alicyclic amines) is 1. The Balaban J connectivity index is 1.97. The van der Waals surface area contributed by atoms with Gasteiger partial charge in [0, 0.05) is 20.1 Å². The van der Waals surface area contributed by atoms with Crippen molar-refractivity contribution < 1.29 is 19.1 Å². The lowest BCUT2D eigenvalue weighted by Gasteiger charge is -2.34.